The number of Topliss-reactive ketones (excluding diaryl/α,β-unsaturated/α-hetero) is 1. The van der Waals surface area contributed by atoms with Gasteiger partial charge >= 0.3 is 5.97 Å². The molecule has 43 heavy (non-hydrogen) atoms. The molecular weight excluding hydrogens is 566 g/mol. The molecule has 0 spiro atoms. The van der Waals surface area contributed by atoms with Crippen molar-refractivity contribution in [2.24, 2.45) is 5.41 Å². The van der Waals surface area contributed by atoms with Crippen LogP contribution in [0.1, 0.15) is 52.7 Å². The van der Waals surface area contributed by atoms with E-state index in [-0.39, 0.29) is 31.4 Å². The first-order chi connectivity index (χ1) is 20.6. The fraction of sp³-hybridized carbons (Fsp3) is 0.200. The van der Waals surface area contributed by atoms with Gasteiger partial charge in [0, 0.05) is 38.5 Å². The molecule has 0 atom stereocenters. The maximum Gasteiger partial charge on any atom is 0.353 e. The van der Waals surface area contributed by atoms with Gasteiger partial charge in [0.05, 0.1) is 6.54 Å². The third kappa shape index (κ3) is 5.56. The summed E-state index contributed by atoms with van der Waals surface area (Å²) in [5.41, 5.74) is 4.06. The maximum absolute atomic E-state index is 12.8. The molecule has 4 aromatic carbocycles. The average molecular weight is 596 g/mol. The predicted molar refractivity (Wildman–Crippen MR) is 166 cm³/mol. The first-order valence-corrected chi connectivity index (χ1v) is 14.3. The highest BCUT2D eigenvalue weighted by Crippen LogP contribution is 2.40. The lowest BCUT2D eigenvalue weighted by Gasteiger charge is -2.16. The average Bonchev–Trinajstić information content (AvgIpc) is 3.57. The van der Waals surface area contributed by atoms with Gasteiger partial charge in [0.2, 0.25) is 6.79 Å². The Morgan fingerprint density at radius 2 is 1.63 bits per heavy atom. The minimum Gasteiger partial charge on any atom is -0.489 e. The number of nitrogens with zero attached hydrogens (tertiary/aromatic N) is 1. The summed E-state index contributed by atoms with van der Waals surface area (Å²) < 4.78 is 18.9. The number of rotatable bonds is 8. The summed E-state index contributed by atoms with van der Waals surface area (Å²) in [7, 11) is 0. The van der Waals surface area contributed by atoms with E-state index in [1.165, 1.54) is 0 Å². The summed E-state index contributed by atoms with van der Waals surface area (Å²) in [6.07, 6.45) is 0. The van der Waals surface area contributed by atoms with Crippen LogP contribution in [0.3, 0.4) is 0 Å². The Morgan fingerprint density at radius 3 is 2.30 bits per heavy atom. The van der Waals surface area contributed by atoms with Gasteiger partial charge in [0.1, 0.15) is 18.1 Å². The zero-order valence-electron chi connectivity index (χ0n) is 24.0. The number of fused-ring (bicyclic) bond motifs is 2. The second-order valence-corrected chi connectivity index (χ2v) is 11.9. The molecule has 1 aliphatic rings. The molecule has 0 radical (unpaired) electrons. The van der Waals surface area contributed by atoms with Gasteiger partial charge in [0.15, 0.2) is 17.3 Å². The molecule has 218 valence electrons. The van der Waals surface area contributed by atoms with Crippen LogP contribution in [0, 0.1) is 5.41 Å². The van der Waals surface area contributed by atoms with Gasteiger partial charge in [-0.1, -0.05) is 87.0 Å². The van der Waals surface area contributed by atoms with Crippen LogP contribution in [0.4, 0.5) is 0 Å². The maximum atomic E-state index is 12.8. The fourth-order valence-electron chi connectivity index (χ4n) is 5.31. The van der Waals surface area contributed by atoms with E-state index in [4.69, 9.17) is 25.8 Å². The van der Waals surface area contributed by atoms with Crippen molar-refractivity contribution in [3.05, 3.63) is 112 Å². The molecule has 1 aromatic heterocycles. The largest absolute Gasteiger partial charge is 0.489 e. The molecule has 2 heterocycles. The van der Waals surface area contributed by atoms with Crippen molar-refractivity contribution >= 4 is 34.3 Å². The van der Waals surface area contributed by atoms with Crippen LogP contribution in [0.25, 0.3) is 22.0 Å². The number of hydrogen-bond acceptors (Lipinski definition) is 5. The summed E-state index contributed by atoms with van der Waals surface area (Å²) in [4.78, 5) is 25.4. The lowest BCUT2D eigenvalue weighted by molar-refractivity contribution is 0.0686. The van der Waals surface area contributed by atoms with Crippen molar-refractivity contribution in [2.75, 3.05) is 6.79 Å². The molecule has 1 N–H and O–H groups in total. The van der Waals surface area contributed by atoms with Crippen LogP contribution in [-0.4, -0.2) is 28.2 Å². The van der Waals surface area contributed by atoms with Gasteiger partial charge in [-0.05, 0) is 41.0 Å². The molecular formula is C35H30ClNO6. The molecule has 0 unspecified atom stereocenters. The first-order valence-electron chi connectivity index (χ1n) is 13.9. The minimum atomic E-state index is -1.06. The summed E-state index contributed by atoms with van der Waals surface area (Å²) in [6, 6.07) is 25.9. The molecule has 1 aliphatic heterocycles. The summed E-state index contributed by atoms with van der Waals surface area (Å²) >= 11 is 6.60. The number of halogens is 1. The Balaban J connectivity index is 1.38. The van der Waals surface area contributed by atoms with Crippen LogP contribution in [0.2, 0.25) is 5.02 Å². The van der Waals surface area contributed by atoms with E-state index in [2.05, 4.69) is 0 Å². The van der Waals surface area contributed by atoms with E-state index >= 15 is 0 Å². The standard InChI is InChI=1S/C35H30ClNO6/c1-35(2,3)33(38)23-11-9-21(10-12-23)19-41-25-13-14-28-26(16-25)31(22-7-5-4-6-8-22)32(34(39)40)37(28)18-24-15-29-30(17-27(24)36)43-20-42-29/h4-17H,18-20H2,1-3H3,(H,39,40). The molecule has 0 saturated heterocycles. The van der Waals surface area contributed by atoms with Gasteiger partial charge in [-0.15, -0.1) is 0 Å². The van der Waals surface area contributed by atoms with E-state index in [1.807, 2.05) is 93.6 Å². The highest BCUT2D eigenvalue weighted by atomic mass is 35.5. The summed E-state index contributed by atoms with van der Waals surface area (Å²) in [6.45, 7) is 6.31. The Kier molecular flexibility index (Phi) is 7.36. The van der Waals surface area contributed by atoms with Gasteiger partial charge in [-0.25, -0.2) is 4.79 Å². The lowest BCUT2D eigenvalue weighted by Crippen LogP contribution is -2.20. The third-order valence-electron chi connectivity index (χ3n) is 7.47. The van der Waals surface area contributed by atoms with Crippen molar-refractivity contribution in [3.63, 3.8) is 0 Å². The SMILES string of the molecule is CC(C)(C)C(=O)c1ccc(COc2ccc3c(c2)c(-c2ccccc2)c(C(=O)O)n3Cc2cc3c(cc2Cl)OCO3)cc1. The fourth-order valence-corrected chi connectivity index (χ4v) is 5.52. The number of carbonyl (C=O) groups is 2. The van der Waals surface area contributed by atoms with Crippen molar-refractivity contribution < 1.29 is 28.9 Å². The zero-order valence-corrected chi connectivity index (χ0v) is 24.8. The molecule has 5 aromatic rings. The number of ketones is 1. The number of ether oxygens (including phenoxy) is 3. The van der Waals surface area contributed by atoms with Crippen LogP contribution >= 0.6 is 11.6 Å². The Bertz CT molecular complexity index is 1850. The summed E-state index contributed by atoms with van der Waals surface area (Å²) in [5.74, 6) is 0.753. The monoisotopic (exact) mass is 595 g/mol. The number of aromatic carboxylic acids is 1. The van der Waals surface area contributed by atoms with E-state index in [9.17, 15) is 14.7 Å². The molecule has 8 heteroatoms. The quantitative estimate of drug-likeness (QED) is 0.182. The summed E-state index contributed by atoms with van der Waals surface area (Å²) in [5, 5.41) is 11.7. The van der Waals surface area contributed by atoms with Crippen LogP contribution in [0.5, 0.6) is 17.2 Å². The Labute approximate surface area is 254 Å². The second-order valence-electron chi connectivity index (χ2n) is 11.5. The van der Waals surface area contributed by atoms with Gasteiger partial charge in [-0.2, -0.15) is 0 Å². The Morgan fingerprint density at radius 1 is 0.930 bits per heavy atom. The third-order valence-corrected chi connectivity index (χ3v) is 7.82. The second kappa shape index (κ2) is 11.2. The lowest BCUT2D eigenvalue weighted by atomic mass is 9.86. The first kappa shape index (κ1) is 28.4. The highest BCUT2D eigenvalue weighted by molar-refractivity contribution is 6.31. The number of aromatic nitrogens is 1. The van der Waals surface area contributed by atoms with Crippen LogP contribution < -0.4 is 14.2 Å². The van der Waals surface area contributed by atoms with Gasteiger partial charge in [-0.3, -0.25) is 4.79 Å². The van der Waals surface area contributed by atoms with Gasteiger partial charge in [0.25, 0.3) is 0 Å². The Hall–Kier alpha value is -4.75. The molecule has 0 bridgehead atoms. The topological polar surface area (TPSA) is 87.0 Å². The smallest absolute Gasteiger partial charge is 0.353 e. The van der Waals surface area contributed by atoms with Crippen molar-refractivity contribution in [3.8, 4) is 28.4 Å². The number of hydrogen-bond donors (Lipinski definition) is 1. The predicted octanol–water partition coefficient (Wildman–Crippen LogP) is 8.24. The normalized spacial score (nSPS) is 12.5. The van der Waals surface area contributed by atoms with Crippen LogP contribution in [0.15, 0.2) is 84.9 Å². The molecule has 7 nitrogen and oxygen atoms in total. The molecule has 0 aliphatic carbocycles. The number of carboxylic acids is 1. The number of carbonyl (C=O) groups excluding carboxylic acids is 1. The number of carboxylic acid groups (broad SMARTS) is 1. The van der Waals surface area contributed by atoms with E-state index in [1.54, 1.807) is 16.7 Å². The zero-order chi connectivity index (χ0) is 30.3. The molecule has 0 saturated carbocycles. The number of benzene rings is 4. The minimum absolute atomic E-state index is 0.0830. The van der Waals surface area contributed by atoms with Gasteiger partial charge < -0.3 is 23.9 Å². The highest BCUT2D eigenvalue weighted by Gasteiger charge is 2.26. The van der Waals surface area contributed by atoms with Crippen molar-refractivity contribution in [1.29, 1.82) is 0 Å². The van der Waals surface area contributed by atoms with E-state index in [0.717, 1.165) is 22.0 Å². The van der Waals surface area contributed by atoms with Crippen molar-refractivity contribution in [1.82, 2.24) is 4.57 Å². The molecule has 0 fully saturated rings. The molecule has 0 amide bonds. The molecule has 6 rings (SSSR count). The van der Waals surface area contributed by atoms with E-state index in [0.29, 0.717) is 39.0 Å². The van der Waals surface area contributed by atoms with Crippen molar-refractivity contribution in [2.45, 2.75) is 33.9 Å². The van der Waals surface area contributed by atoms with Crippen LogP contribution in [-0.2, 0) is 13.2 Å². The van der Waals surface area contributed by atoms with E-state index < -0.39 is 11.4 Å².